The van der Waals surface area contributed by atoms with Crippen LogP contribution >= 0.6 is 0 Å². The SMILES string of the molecule is Cc1occc1C(=O)N/N=C\c1cccc(C(F)(F)F)c1. The third-order valence-electron chi connectivity index (χ3n) is 2.70. The molecule has 0 unspecified atom stereocenters. The second-order valence-corrected chi connectivity index (χ2v) is 4.21. The first-order valence-electron chi connectivity index (χ1n) is 5.92. The van der Waals surface area contributed by atoms with Crippen molar-refractivity contribution in [3.63, 3.8) is 0 Å². The largest absolute Gasteiger partial charge is 0.469 e. The molecule has 2 aromatic rings. The number of hydrazone groups is 1. The summed E-state index contributed by atoms with van der Waals surface area (Å²) in [6.45, 7) is 1.62. The van der Waals surface area contributed by atoms with Crippen molar-refractivity contribution in [1.29, 1.82) is 0 Å². The van der Waals surface area contributed by atoms with Gasteiger partial charge in [-0.1, -0.05) is 12.1 Å². The maximum absolute atomic E-state index is 12.5. The van der Waals surface area contributed by atoms with Gasteiger partial charge in [-0.3, -0.25) is 4.79 Å². The highest BCUT2D eigenvalue weighted by Crippen LogP contribution is 2.29. The number of hydrogen-bond acceptors (Lipinski definition) is 3. The van der Waals surface area contributed by atoms with Crippen molar-refractivity contribution in [1.82, 2.24) is 5.43 Å². The molecular formula is C14H11F3N2O2. The van der Waals surface area contributed by atoms with Gasteiger partial charge in [-0.05, 0) is 30.7 Å². The van der Waals surface area contributed by atoms with Gasteiger partial charge in [0.1, 0.15) is 5.76 Å². The van der Waals surface area contributed by atoms with Crippen molar-refractivity contribution >= 4 is 12.1 Å². The predicted octanol–water partition coefficient (Wildman–Crippen LogP) is 3.37. The standard InChI is InChI=1S/C14H11F3N2O2/c1-9-12(5-6-21-9)13(20)19-18-8-10-3-2-4-11(7-10)14(15,16)17/h2-8H,1H3,(H,19,20)/b18-8-. The number of halogens is 3. The molecule has 0 atom stereocenters. The van der Waals surface area contributed by atoms with Gasteiger partial charge in [0.25, 0.3) is 5.91 Å². The molecule has 4 nitrogen and oxygen atoms in total. The lowest BCUT2D eigenvalue weighted by atomic mass is 10.1. The van der Waals surface area contributed by atoms with E-state index in [1.165, 1.54) is 24.5 Å². The van der Waals surface area contributed by atoms with E-state index in [2.05, 4.69) is 10.5 Å². The molecule has 7 heteroatoms. The minimum Gasteiger partial charge on any atom is -0.469 e. The highest BCUT2D eigenvalue weighted by Gasteiger charge is 2.30. The van der Waals surface area contributed by atoms with Gasteiger partial charge in [-0.25, -0.2) is 5.43 Å². The summed E-state index contributed by atoms with van der Waals surface area (Å²) in [6.07, 6.45) is -1.91. The number of carbonyl (C=O) groups is 1. The van der Waals surface area contributed by atoms with E-state index in [9.17, 15) is 18.0 Å². The van der Waals surface area contributed by atoms with E-state index in [1.54, 1.807) is 6.92 Å². The molecule has 0 aliphatic rings. The zero-order valence-electron chi connectivity index (χ0n) is 10.9. The summed E-state index contributed by atoms with van der Waals surface area (Å²) in [4.78, 5) is 11.7. The van der Waals surface area contributed by atoms with Gasteiger partial charge in [0.15, 0.2) is 0 Å². The topological polar surface area (TPSA) is 54.6 Å². The molecule has 1 N–H and O–H groups in total. The molecule has 1 aromatic heterocycles. The molecule has 1 heterocycles. The summed E-state index contributed by atoms with van der Waals surface area (Å²) >= 11 is 0. The fourth-order valence-electron chi connectivity index (χ4n) is 1.64. The molecule has 1 aromatic carbocycles. The molecule has 0 aliphatic carbocycles. The van der Waals surface area contributed by atoms with Crippen molar-refractivity contribution < 1.29 is 22.4 Å². The Kier molecular flexibility index (Phi) is 4.11. The summed E-state index contributed by atoms with van der Waals surface area (Å²) in [5, 5.41) is 3.63. The number of alkyl halides is 3. The third-order valence-corrected chi connectivity index (χ3v) is 2.70. The molecular weight excluding hydrogens is 285 g/mol. The zero-order valence-corrected chi connectivity index (χ0v) is 10.9. The van der Waals surface area contributed by atoms with Crippen LogP contribution in [0, 0.1) is 6.92 Å². The highest BCUT2D eigenvalue weighted by atomic mass is 19.4. The highest BCUT2D eigenvalue weighted by molar-refractivity contribution is 5.95. The first-order chi connectivity index (χ1) is 9.88. The first kappa shape index (κ1) is 14.8. The Balaban J connectivity index is 2.05. The van der Waals surface area contributed by atoms with Crippen LogP contribution in [0.15, 0.2) is 46.1 Å². The Morgan fingerprint density at radius 3 is 2.71 bits per heavy atom. The van der Waals surface area contributed by atoms with Crippen molar-refractivity contribution in [2.75, 3.05) is 0 Å². The van der Waals surface area contributed by atoms with Crippen LogP contribution in [-0.2, 0) is 6.18 Å². The quantitative estimate of drug-likeness (QED) is 0.697. The molecule has 21 heavy (non-hydrogen) atoms. The number of nitrogens with zero attached hydrogens (tertiary/aromatic N) is 1. The number of nitrogens with one attached hydrogen (secondary N) is 1. The number of carbonyl (C=O) groups excluding carboxylic acids is 1. The van der Waals surface area contributed by atoms with E-state index < -0.39 is 17.6 Å². The van der Waals surface area contributed by atoms with Gasteiger partial charge in [-0.15, -0.1) is 0 Å². The Morgan fingerprint density at radius 2 is 2.10 bits per heavy atom. The van der Waals surface area contributed by atoms with Gasteiger partial charge >= 0.3 is 6.18 Å². The van der Waals surface area contributed by atoms with Crippen molar-refractivity contribution in [2.24, 2.45) is 5.10 Å². The van der Waals surface area contributed by atoms with Crippen LogP contribution in [0.3, 0.4) is 0 Å². The number of amides is 1. The van der Waals surface area contributed by atoms with Crippen LogP contribution in [0.2, 0.25) is 0 Å². The zero-order chi connectivity index (χ0) is 15.5. The van der Waals surface area contributed by atoms with Gasteiger partial charge in [0.2, 0.25) is 0 Å². The molecule has 0 radical (unpaired) electrons. The number of rotatable bonds is 3. The van der Waals surface area contributed by atoms with E-state index in [0.717, 1.165) is 18.3 Å². The van der Waals surface area contributed by atoms with E-state index >= 15 is 0 Å². The Bertz CT molecular complexity index is 675. The second kappa shape index (κ2) is 5.82. The van der Waals surface area contributed by atoms with Crippen molar-refractivity contribution in [3.8, 4) is 0 Å². The molecule has 110 valence electrons. The molecule has 0 saturated carbocycles. The lowest BCUT2D eigenvalue weighted by Gasteiger charge is -2.06. The van der Waals surface area contributed by atoms with Crippen molar-refractivity contribution in [3.05, 3.63) is 59.0 Å². The number of hydrogen-bond donors (Lipinski definition) is 1. The van der Waals surface area contributed by atoms with Crippen LogP contribution in [0.1, 0.15) is 27.2 Å². The van der Waals surface area contributed by atoms with Crippen LogP contribution in [0.4, 0.5) is 13.2 Å². The fourth-order valence-corrected chi connectivity index (χ4v) is 1.64. The van der Waals surface area contributed by atoms with Gasteiger partial charge in [-0.2, -0.15) is 18.3 Å². The summed E-state index contributed by atoms with van der Waals surface area (Å²) in [6, 6.07) is 6.11. The normalized spacial score (nSPS) is 11.8. The van der Waals surface area contributed by atoms with Crippen LogP contribution in [0.5, 0.6) is 0 Å². The van der Waals surface area contributed by atoms with Gasteiger partial charge in [0, 0.05) is 0 Å². The summed E-state index contributed by atoms with van der Waals surface area (Å²) in [7, 11) is 0. The monoisotopic (exact) mass is 296 g/mol. The summed E-state index contributed by atoms with van der Waals surface area (Å²) in [5.74, 6) is -0.0637. The average molecular weight is 296 g/mol. The minimum absolute atomic E-state index is 0.231. The van der Waals surface area contributed by atoms with E-state index in [-0.39, 0.29) is 5.56 Å². The van der Waals surface area contributed by atoms with Gasteiger partial charge < -0.3 is 4.42 Å². The molecule has 0 fully saturated rings. The Hall–Kier alpha value is -2.57. The van der Waals surface area contributed by atoms with Crippen LogP contribution in [-0.4, -0.2) is 12.1 Å². The summed E-state index contributed by atoms with van der Waals surface area (Å²) in [5.41, 5.74) is 1.99. The summed E-state index contributed by atoms with van der Waals surface area (Å²) < 4.78 is 42.5. The Labute approximate surface area is 118 Å². The first-order valence-corrected chi connectivity index (χ1v) is 5.92. The lowest BCUT2D eigenvalue weighted by molar-refractivity contribution is -0.137. The lowest BCUT2D eigenvalue weighted by Crippen LogP contribution is -2.17. The third kappa shape index (κ3) is 3.71. The van der Waals surface area contributed by atoms with E-state index in [1.807, 2.05) is 0 Å². The van der Waals surface area contributed by atoms with Crippen molar-refractivity contribution in [2.45, 2.75) is 13.1 Å². The predicted molar refractivity (Wildman–Crippen MR) is 69.9 cm³/mol. The molecule has 2 rings (SSSR count). The maximum atomic E-state index is 12.5. The van der Waals surface area contributed by atoms with Crippen LogP contribution < -0.4 is 5.43 Å². The molecule has 0 spiro atoms. The second-order valence-electron chi connectivity index (χ2n) is 4.21. The number of furan rings is 1. The number of aryl methyl sites for hydroxylation is 1. The van der Waals surface area contributed by atoms with Crippen LogP contribution in [0.25, 0.3) is 0 Å². The molecule has 0 bridgehead atoms. The molecule has 1 amide bonds. The smallest absolute Gasteiger partial charge is 0.416 e. The number of benzene rings is 1. The maximum Gasteiger partial charge on any atom is 0.416 e. The minimum atomic E-state index is -4.42. The molecule has 0 aliphatic heterocycles. The van der Waals surface area contributed by atoms with E-state index in [0.29, 0.717) is 11.3 Å². The fraction of sp³-hybridized carbons (Fsp3) is 0.143. The Morgan fingerprint density at radius 1 is 1.33 bits per heavy atom. The molecule has 0 saturated heterocycles. The van der Waals surface area contributed by atoms with Gasteiger partial charge in [0.05, 0.1) is 23.6 Å². The van der Waals surface area contributed by atoms with E-state index in [4.69, 9.17) is 4.42 Å². The average Bonchev–Trinajstić information content (AvgIpc) is 2.84.